The molecule has 0 unspecified atom stereocenters. The van der Waals surface area contributed by atoms with Crippen LogP contribution in [-0.2, 0) is 16.6 Å². The first kappa shape index (κ1) is 26.1. The van der Waals surface area contributed by atoms with Gasteiger partial charge in [-0.2, -0.15) is 0 Å². The standard InChI is InChI=1S/C26H31N3O5S/c1-17-7-8-18(2)20(9-17)16-27-21-10-19(11-25(14-21)35(31,32)29(3)4)26(30)28-22-12-23(33-5)15-24(13-22)34-6/h7-15,27H,16H2,1-6H3,(H,28,30). The molecule has 3 aromatic carbocycles. The largest absolute Gasteiger partial charge is 0.497 e. The van der Waals surface area contributed by atoms with Gasteiger partial charge in [0.2, 0.25) is 10.0 Å². The van der Waals surface area contributed by atoms with Crippen LogP contribution >= 0.6 is 0 Å². The summed E-state index contributed by atoms with van der Waals surface area (Å²) < 4.78 is 37.4. The lowest BCUT2D eigenvalue weighted by Crippen LogP contribution is -2.23. The van der Waals surface area contributed by atoms with Crippen molar-refractivity contribution in [1.82, 2.24) is 4.31 Å². The number of hydrogen-bond acceptors (Lipinski definition) is 6. The third-order valence-electron chi connectivity index (χ3n) is 5.54. The fourth-order valence-corrected chi connectivity index (χ4v) is 4.44. The summed E-state index contributed by atoms with van der Waals surface area (Å²) in [4.78, 5) is 13.2. The lowest BCUT2D eigenvalue weighted by atomic mass is 10.1. The summed E-state index contributed by atoms with van der Waals surface area (Å²) in [5.74, 6) is 0.560. The second-order valence-corrected chi connectivity index (χ2v) is 10.5. The number of methoxy groups -OCH3 is 2. The number of carbonyl (C=O) groups excluding carboxylic acids is 1. The van der Waals surface area contributed by atoms with E-state index in [1.54, 1.807) is 24.3 Å². The molecule has 0 spiro atoms. The summed E-state index contributed by atoms with van der Waals surface area (Å²) in [6.07, 6.45) is 0. The number of anilines is 2. The highest BCUT2D eigenvalue weighted by Crippen LogP contribution is 2.27. The van der Waals surface area contributed by atoms with E-state index in [1.807, 2.05) is 26.0 Å². The van der Waals surface area contributed by atoms with Crippen molar-refractivity contribution in [3.8, 4) is 11.5 Å². The fraction of sp³-hybridized carbons (Fsp3) is 0.269. The van der Waals surface area contributed by atoms with Crippen molar-refractivity contribution in [2.45, 2.75) is 25.3 Å². The molecule has 2 N–H and O–H groups in total. The molecule has 0 bridgehead atoms. The number of benzene rings is 3. The summed E-state index contributed by atoms with van der Waals surface area (Å²) in [6, 6.07) is 15.7. The van der Waals surface area contributed by atoms with Gasteiger partial charge in [0.25, 0.3) is 5.91 Å². The molecule has 9 heteroatoms. The first-order valence-electron chi connectivity index (χ1n) is 11.0. The molecular formula is C26H31N3O5S. The van der Waals surface area contributed by atoms with E-state index >= 15 is 0 Å². The predicted octanol–water partition coefficient (Wildman–Crippen LogP) is 4.44. The van der Waals surface area contributed by atoms with Crippen LogP contribution in [0.1, 0.15) is 27.0 Å². The fourth-order valence-electron chi connectivity index (χ4n) is 3.46. The summed E-state index contributed by atoms with van der Waals surface area (Å²) >= 11 is 0. The molecule has 0 atom stereocenters. The molecule has 0 saturated carbocycles. The van der Waals surface area contributed by atoms with Crippen molar-refractivity contribution in [2.24, 2.45) is 0 Å². The van der Waals surface area contributed by atoms with Crippen LogP contribution in [0, 0.1) is 13.8 Å². The van der Waals surface area contributed by atoms with Crippen LogP contribution < -0.4 is 20.1 Å². The van der Waals surface area contributed by atoms with Gasteiger partial charge in [-0.05, 0) is 43.2 Å². The quantitative estimate of drug-likeness (QED) is 0.454. The molecule has 186 valence electrons. The van der Waals surface area contributed by atoms with E-state index in [0.717, 1.165) is 21.0 Å². The number of nitrogens with zero attached hydrogens (tertiary/aromatic N) is 1. The summed E-state index contributed by atoms with van der Waals surface area (Å²) in [7, 11) is 2.17. The van der Waals surface area contributed by atoms with Crippen LogP contribution in [0.5, 0.6) is 11.5 Å². The van der Waals surface area contributed by atoms with E-state index < -0.39 is 15.9 Å². The van der Waals surface area contributed by atoms with Gasteiger partial charge in [0.05, 0.1) is 19.1 Å². The summed E-state index contributed by atoms with van der Waals surface area (Å²) in [5, 5.41) is 6.07. The number of amides is 1. The Morgan fingerprint density at radius 2 is 1.54 bits per heavy atom. The highest BCUT2D eigenvalue weighted by atomic mass is 32.2. The molecule has 0 saturated heterocycles. The van der Waals surface area contributed by atoms with Crippen molar-refractivity contribution in [1.29, 1.82) is 0 Å². The highest BCUT2D eigenvalue weighted by molar-refractivity contribution is 7.89. The maximum absolute atomic E-state index is 13.2. The Kier molecular flexibility index (Phi) is 8.03. The number of ether oxygens (including phenoxy) is 2. The van der Waals surface area contributed by atoms with Gasteiger partial charge < -0.3 is 20.1 Å². The van der Waals surface area contributed by atoms with E-state index in [9.17, 15) is 13.2 Å². The zero-order valence-electron chi connectivity index (χ0n) is 20.8. The predicted molar refractivity (Wildman–Crippen MR) is 138 cm³/mol. The molecule has 0 heterocycles. The Morgan fingerprint density at radius 1 is 0.886 bits per heavy atom. The van der Waals surface area contributed by atoms with Gasteiger partial charge in [-0.15, -0.1) is 0 Å². The Balaban J connectivity index is 1.97. The van der Waals surface area contributed by atoms with Crippen LogP contribution in [-0.4, -0.2) is 46.9 Å². The number of sulfonamides is 1. The van der Waals surface area contributed by atoms with Gasteiger partial charge in [0.15, 0.2) is 0 Å². The first-order valence-corrected chi connectivity index (χ1v) is 12.4. The maximum atomic E-state index is 13.2. The van der Waals surface area contributed by atoms with Crippen molar-refractivity contribution in [3.05, 3.63) is 76.9 Å². The molecule has 35 heavy (non-hydrogen) atoms. The molecule has 0 fully saturated rings. The third kappa shape index (κ3) is 6.32. The van der Waals surface area contributed by atoms with E-state index in [-0.39, 0.29) is 10.5 Å². The van der Waals surface area contributed by atoms with E-state index in [0.29, 0.717) is 29.4 Å². The zero-order chi connectivity index (χ0) is 25.8. The average Bonchev–Trinajstić information content (AvgIpc) is 2.83. The number of rotatable bonds is 9. The summed E-state index contributed by atoms with van der Waals surface area (Å²) in [6.45, 7) is 4.51. The minimum atomic E-state index is -3.77. The third-order valence-corrected chi connectivity index (χ3v) is 7.34. The normalized spacial score (nSPS) is 11.3. The van der Waals surface area contributed by atoms with Crippen molar-refractivity contribution >= 4 is 27.3 Å². The van der Waals surface area contributed by atoms with Gasteiger partial charge in [-0.1, -0.05) is 23.8 Å². The van der Waals surface area contributed by atoms with Crippen LogP contribution in [0.25, 0.3) is 0 Å². The van der Waals surface area contributed by atoms with E-state index in [4.69, 9.17) is 9.47 Å². The van der Waals surface area contributed by atoms with Gasteiger partial charge in [-0.3, -0.25) is 4.79 Å². The first-order chi connectivity index (χ1) is 16.5. The Labute approximate surface area is 206 Å². The molecule has 0 radical (unpaired) electrons. The molecule has 0 aliphatic rings. The molecular weight excluding hydrogens is 466 g/mol. The van der Waals surface area contributed by atoms with Gasteiger partial charge in [-0.25, -0.2) is 12.7 Å². The lowest BCUT2D eigenvalue weighted by Gasteiger charge is -2.16. The maximum Gasteiger partial charge on any atom is 0.255 e. The monoisotopic (exact) mass is 497 g/mol. The Morgan fingerprint density at radius 3 is 2.14 bits per heavy atom. The minimum Gasteiger partial charge on any atom is -0.497 e. The zero-order valence-corrected chi connectivity index (χ0v) is 21.6. The number of carbonyl (C=O) groups is 1. The molecule has 3 aromatic rings. The van der Waals surface area contributed by atoms with Crippen LogP contribution in [0.15, 0.2) is 59.5 Å². The average molecular weight is 498 g/mol. The Bertz CT molecular complexity index is 1310. The van der Waals surface area contributed by atoms with Gasteiger partial charge in [0.1, 0.15) is 11.5 Å². The highest BCUT2D eigenvalue weighted by Gasteiger charge is 2.21. The van der Waals surface area contributed by atoms with E-state index in [2.05, 4.69) is 16.7 Å². The van der Waals surface area contributed by atoms with Crippen molar-refractivity contribution in [2.75, 3.05) is 38.9 Å². The molecule has 1 amide bonds. The second-order valence-electron chi connectivity index (χ2n) is 8.37. The van der Waals surface area contributed by atoms with Crippen LogP contribution in [0.3, 0.4) is 0 Å². The van der Waals surface area contributed by atoms with Crippen molar-refractivity contribution < 1.29 is 22.7 Å². The smallest absolute Gasteiger partial charge is 0.255 e. The topological polar surface area (TPSA) is 97.0 Å². The van der Waals surface area contributed by atoms with Crippen molar-refractivity contribution in [3.63, 3.8) is 0 Å². The van der Waals surface area contributed by atoms with Crippen LogP contribution in [0.4, 0.5) is 11.4 Å². The number of aryl methyl sites for hydroxylation is 2. The SMILES string of the molecule is COc1cc(NC(=O)c2cc(NCc3cc(C)ccc3C)cc(S(=O)(=O)N(C)C)c2)cc(OC)c1. The molecule has 0 aliphatic heterocycles. The van der Waals surface area contributed by atoms with Gasteiger partial charge in [0, 0.05) is 55.8 Å². The van der Waals surface area contributed by atoms with E-state index in [1.165, 1.54) is 40.4 Å². The summed E-state index contributed by atoms with van der Waals surface area (Å²) in [5.41, 5.74) is 4.49. The van der Waals surface area contributed by atoms with Gasteiger partial charge >= 0.3 is 0 Å². The number of nitrogens with one attached hydrogen (secondary N) is 2. The lowest BCUT2D eigenvalue weighted by molar-refractivity contribution is 0.102. The molecule has 8 nitrogen and oxygen atoms in total. The molecule has 3 rings (SSSR count). The number of hydrogen-bond donors (Lipinski definition) is 2. The van der Waals surface area contributed by atoms with Crippen LogP contribution in [0.2, 0.25) is 0 Å². The molecule has 0 aliphatic carbocycles. The second kappa shape index (κ2) is 10.8. The minimum absolute atomic E-state index is 0.0156. The Hall–Kier alpha value is -3.56. The molecule has 0 aromatic heterocycles.